The Bertz CT molecular complexity index is 606. The molecule has 0 aliphatic rings. The summed E-state index contributed by atoms with van der Waals surface area (Å²) in [6.07, 6.45) is 1.93. The van der Waals surface area contributed by atoms with E-state index in [1.807, 2.05) is 33.2 Å². The molecule has 0 saturated heterocycles. The van der Waals surface area contributed by atoms with Crippen LogP contribution in [0.2, 0.25) is 0 Å². The third-order valence-corrected chi connectivity index (χ3v) is 2.65. The van der Waals surface area contributed by atoms with Gasteiger partial charge in [-0.15, -0.1) is 0 Å². The Kier molecular flexibility index (Phi) is 3.28. The minimum Gasteiger partial charge on any atom is -0.369 e. The van der Waals surface area contributed by atoms with Gasteiger partial charge in [-0.05, 0) is 26.0 Å². The maximum absolute atomic E-state index is 9.02. The smallest absolute Gasteiger partial charge is 0.144 e. The van der Waals surface area contributed by atoms with Crippen molar-refractivity contribution in [3.05, 3.63) is 29.6 Å². The van der Waals surface area contributed by atoms with Crippen LogP contribution in [0, 0.1) is 18.3 Å². The number of hydrogen-bond acceptors (Lipinski definition) is 4. The molecule has 0 amide bonds. The largest absolute Gasteiger partial charge is 0.369 e. The Hall–Kier alpha value is -2.35. The highest BCUT2D eigenvalue weighted by Gasteiger charge is 2.10. The van der Waals surface area contributed by atoms with Crippen LogP contribution >= 0.6 is 0 Å². The van der Waals surface area contributed by atoms with E-state index in [1.54, 1.807) is 10.7 Å². The van der Waals surface area contributed by atoms with Crippen molar-refractivity contribution in [3.8, 4) is 17.3 Å². The van der Waals surface area contributed by atoms with Gasteiger partial charge >= 0.3 is 0 Å². The monoisotopic (exact) mass is 241 g/mol. The molecule has 0 aliphatic carbocycles. The van der Waals surface area contributed by atoms with Crippen LogP contribution < -0.4 is 5.32 Å². The van der Waals surface area contributed by atoms with Crippen LogP contribution in [0.5, 0.6) is 0 Å². The quantitative estimate of drug-likeness (QED) is 0.893. The van der Waals surface area contributed by atoms with Gasteiger partial charge in [0.15, 0.2) is 0 Å². The van der Waals surface area contributed by atoms with Crippen molar-refractivity contribution >= 4 is 5.82 Å². The lowest BCUT2D eigenvalue weighted by Crippen LogP contribution is -2.02. The summed E-state index contributed by atoms with van der Waals surface area (Å²) in [5, 5.41) is 16.4. The number of nitrogens with zero attached hydrogens (tertiary/aromatic N) is 4. The molecule has 2 heterocycles. The summed E-state index contributed by atoms with van der Waals surface area (Å²) in [6.45, 7) is 4.66. The van der Waals surface area contributed by atoms with E-state index in [4.69, 9.17) is 5.26 Å². The maximum Gasteiger partial charge on any atom is 0.144 e. The van der Waals surface area contributed by atoms with Gasteiger partial charge in [0.05, 0.1) is 17.0 Å². The van der Waals surface area contributed by atoms with Crippen LogP contribution in [-0.4, -0.2) is 21.3 Å². The zero-order chi connectivity index (χ0) is 13.1. The Morgan fingerprint density at radius 2 is 2.22 bits per heavy atom. The molecule has 2 aromatic heterocycles. The zero-order valence-electron chi connectivity index (χ0n) is 10.7. The first-order valence-electron chi connectivity index (χ1n) is 5.81. The van der Waals surface area contributed by atoms with E-state index in [2.05, 4.69) is 21.5 Å². The Balaban J connectivity index is 2.50. The highest BCUT2D eigenvalue weighted by molar-refractivity contribution is 5.65. The van der Waals surface area contributed by atoms with E-state index in [9.17, 15) is 0 Å². The molecule has 0 spiro atoms. The summed E-state index contributed by atoms with van der Waals surface area (Å²) in [5.74, 6) is 0.626. The van der Waals surface area contributed by atoms with Crippen LogP contribution in [0.25, 0.3) is 11.3 Å². The molecule has 0 radical (unpaired) electrons. The standard InChI is InChI=1S/C13H15N5/c1-4-15-13-10(7-14)5-6-12(16-13)11-8-18(3)17-9(11)2/h5-6,8H,4H2,1-3H3,(H,15,16). The van der Waals surface area contributed by atoms with Crippen molar-refractivity contribution in [1.29, 1.82) is 5.26 Å². The van der Waals surface area contributed by atoms with Gasteiger partial charge in [0.1, 0.15) is 11.9 Å². The summed E-state index contributed by atoms with van der Waals surface area (Å²) in [6, 6.07) is 5.77. The van der Waals surface area contributed by atoms with Crippen LogP contribution in [0.1, 0.15) is 18.2 Å². The number of nitriles is 1. The van der Waals surface area contributed by atoms with Gasteiger partial charge in [0, 0.05) is 25.4 Å². The third-order valence-electron chi connectivity index (χ3n) is 2.65. The molecule has 92 valence electrons. The zero-order valence-corrected chi connectivity index (χ0v) is 10.7. The van der Waals surface area contributed by atoms with Crippen molar-refractivity contribution in [2.45, 2.75) is 13.8 Å². The lowest BCUT2D eigenvalue weighted by Gasteiger charge is -2.06. The number of anilines is 1. The van der Waals surface area contributed by atoms with Gasteiger partial charge in [-0.1, -0.05) is 0 Å². The molecule has 0 unspecified atom stereocenters. The lowest BCUT2D eigenvalue weighted by molar-refractivity contribution is 0.756. The predicted molar refractivity (Wildman–Crippen MR) is 70.1 cm³/mol. The molecular formula is C13H15N5. The summed E-state index contributed by atoms with van der Waals surface area (Å²) in [5.41, 5.74) is 3.30. The van der Waals surface area contributed by atoms with Crippen molar-refractivity contribution in [3.63, 3.8) is 0 Å². The minimum absolute atomic E-state index is 0.558. The molecule has 18 heavy (non-hydrogen) atoms. The molecule has 1 N–H and O–H groups in total. The molecule has 0 bridgehead atoms. The average molecular weight is 241 g/mol. The van der Waals surface area contributed by atoms with E-state index in [0.29, 0.717) is 11.4 Å². The summed E-state index contributed by atoms with van der Waals surface area (Å²) < 4.78 is 1.76. The Labute approximate surface area is 106 Å². The van der Waals surface area contributed by atoms with Gasteiger partial charge in [0.25, 0.3) is 0 Å². The average Bonchev–Trinajstić information content (AvgIpc) is 2.69. The molecule has 2 rings (SSSR count). The number of rotatable bonds is 3. The minimum atomic E-state index is 0.558. The third kappa shape index (κ3) is 2.18. The fourth-order valence-corrected chi connectivity index (χ4v) is 1.85. The highest BCUT2D eigenvalue weighted by Crippen LogP contribution is 2.23. The molecule has 0 fully saturated rings. The lowest BCUT2D eigenvalue weighted by atomic mass is 10.1. The first-order valence-corrected chi connectivity index (χ1v) is 5.81. The second kappa shape index (κ2) is 4.88. The van der Waals surface area contributed by atoms with Crippen LogP contribution in [0.15, 0.2) is 18.3 Å². The van der Waals surface area contributed by atoms with E-state index in [-0.39, 0.29) is 0 Å². The van der Waals surface area contributed by atoms with Crippen molar-refractivity contribution < 1.29 is 0 Å². The topological polar surface area (TPSA) is 66.5 Å². The molecule has 0 saturated carbocycles. The molecule has 5 nitrogen and oxygen atoms in total. The first-order chi connectivity index (χ1) is 8.65. The van der Waals surface area contributed by atoms with Crippen LogP contribution in [0.3, 0.4) is 0 Å². The van der Waals surface area contributed by atoms with Gasteiger partial charge in [-0.25, -0.2) is 4.98 Å². The van der Waals surface area contributed by atoms with Gasteiger partial charge in [-0.2, -0.15) is 10.4 Å². The van der Waals surface area contributed by atoms with E-state index < -0.39 is 0 Å². The van der Waals surface area contributed by atoms with Gasteiger partial charge < -0.3 is 5.32 Å². The van der Waals surface area contributed by atoms with Crippen molar-refractivity contribution in [1.82, 2.24) is 14.8 Å². The fraction of sp³-hybridized carbons (Fsp3) is 0.308. The SMILES string of the molecule is CCNc1nc(-c2cn(C)nc2C)ccc1C#N. The van der Waals surface area contributed by atoms with Crippen molar-refractivity contribution in [2.24, 2.45) is 7.05 Å². The van der Waals surface area contributed by atoms with Crippen LogP contribution in [0.4, 0.5) is 5.82 Å². The summed E-state index contributed by atoms with van der Waals surface area (Å²) in [4.78, 5) is 4.49. The highest BCUT2D eigenvalue weighted by atomic mass is 15.2. The van der Waals surface area contributed by atoms with Gasteiger partial charge in [0.2, 0.25) is 0 Å². The maximum atomic E-state index is 9.02. The number of pyridine rings is 1. The summed E-state index contributed by atoms with van der Waals surface area (Å²) >= 11 is 0. The predicted octanol–water partition coefficient (Wildman–Crippen LogP) is 2.09. The van der Waals surface area contributed by atoms with Crippen LogP contribution in [-0.2, 0) is 7.05 Å². The van der Waals surface area contributed by atoms with Gasteiger partial charge in [-0.3, -0.25) is 4.68 Å². The second-order valence-electron chi connectivity index (χ2n) is 4.04. The fourth-order valence-electron chi connectivity index (χ4n) is 1.85. The van der Waals surface area contributed by atoms with E-state index in [0.717, 1.165) is 23.5 Å². The molecule has 0 atom stereocenters. The number of aryl methyl sites for hydroxylation is 2. The molecule has 2 aromatic rings. The summed E-state index contributed by atoms with van der Waals surface area (Å²) in [7, 11) is 1.88. The normalized spacial score (nSPS) is 10.1. The van der Waals surface area contributed by atoms with Crippen molar-refractivity contribution in [2.75, 3.05) is 11.9 Å². The second-order valence-corrected chi connectivity index (χ2v) is 4.04. The van der Waals surface area contributed by atoms with E-state index in [1.165, 1.54) is 0 Å². The number of aromatic nitrogens is 3. The Morgan fingerprint density at radius 3 is 2.78 bits per heavy atom. The van der Waals surface area contributed by atoms with E-state index >= 15 is 0 Å². The molecule has 0 aromatic carbocycles. The molecule has 5 heteroatoms. The Morgan fingerprint density at radius 1 is 1.44 bits per heavy atom. The molecule has 0 aliphatic heterocycles. The number of nitrogens with one attached hydrogen (secondary N) is 1. The first kappa shape index (κ1) is 12.1. The number of hydrogen-bond donors (Lipinski definition) is 1. The molecular weight excluding hydrogens is 226 g/mol.